The number of carbonyl (C=O) groups is 1. The molecule has 282 valence electrons. The minimum Gasteiger partial charge on any atom is -0.489 e. The van der Waals surface area contributed by atoms with Crippen LogP contribution in [0.4, 0.5) is 0 Å². The summed E-state index contributed by atoms with van der Waals surface area (Å²) in [6.07, 6.45) is 7.87. The van der Waals surface area contributed by atoms with Crippen molar-refractivity contribution in [3.8, 4) is 34.4 Å². The summed E-state index contributed by atoms with van der Waals surface area (Å²) in [5.41, 5.74) is 8.26. The lowest BCUT2D eigenvalue weighted by atomic mass is 9.94. The second-order valence-corrected chi connectivity index (χ2v) is 15.2. The molecule has 2 aliphatic rings. The third-order valence-corrected chi connectivity index (χ3v) is 11.2. The lowest BCUT2D eigenvalue weighted by Gasteiger charge is -2.28. The van der Waals surface area contributed by atoms with Crippen LogP contribution in [0.25, 0.3) is 11.1 Å². The van der Waals surface area contributed by atoms with Crippen LogP contribution >= 0.6 is 23.2 Å². The Labute approximate surface area is 333 Å². The Morgan fingerprint density at radius 3 is 2.24 bits per heavy atom. The Bertz CT molecular complexity index is 2110. The van der Waals surface area contributed by atoms with Gasteiger partial charge in [-0.05, 0) is 113 Å². The average molecular weight is 775 g/mol. The van der Waals surface area contributed by atoms with Crippen LogP contribution in [-0.2, 0) is 30.8 Å². The molecule has 1 atom stereocenters. The minimum absolute atomic E-state index is 0.0382. The van der Waals surface area contributed by atoms with E-state index in [1.807, 2.05) is 60.7 Å². The summed E-state index contributed by atoms with van der Waals surface area (Å²) in [6, 6.07) is 35.7. The first-order chi connectivity index (χ1) is 26.9. The minimum atomic E-state index is -0.264. The number of hydrogen-bond acceptors (Lipinski definition) is 6. The van der Waals surface area contributed by atoms with Crippen molar-refractivity contribution in [2.75, 3.05) is 19.7 Å². The Morgan fingerprint density at radius 2 is 1.51 bits per heavy atom. The van der Waals surface area contributed by atoms with Crippen LogP contribution in [-0.4, -0.2) is 25.6 Å². The van der Waals surface area contributed by atoms with Crippen LogP contribution in [0.15, 0.2) is 103 Å². The highest BCUT2D eigenvalue weighted by Gasteiger charge is 2.25. The molecule has 5 aromatic carbocycles. The number of nitrogens with one attached hydrogen (secondary N) is 2. The first-order valence-corrected chi connectivity index (χ1v) is 19.8. The van der Waals surface area contributed by atoms with Gasteiger partial charge in [0, 0.05) is 13.1 Å². The number of nitriles is 1. The Hall–Kier alpha value is -5.00. The van der Waals surface area contributed by atoms with Gasteiger partial charge in [-0.25, -0.2) is 0 Å². The molecule has 0 aromatic heterocycles. The van der Waals surface area contributed by atoms with E-state index in [0.29, 0.717) is 47.7 Å². The molecular weight excluding hydrogens is 729 g/mol. The van der Waals surface area contributed by atoms with Gasteiger partial charge >= 0.3 is 0 Å². The Balaban J connectivity index is 0.923. The number of amides is 1. The second-order valence-electron chi connectivity index (χ2n) is 14.4. The zero-order chi connectivity index (χ0) is 38.0. The maximum Gasteiger partial charge on any atom is 0.233 e. The number of carbonyl (C=O) groups excluding carboxylic acids is 1. The van der Waals surface area contributed by atoms with E-state index in [-0.39, 0.29) is 18.6 Å². The highest BCUT2D eigenvalue weighted by atomic mass is 35.5. The summed E-state index contributed by atoms with van der Waals surface area (Å²) in [7, 11) is 0. The van der Waals surface area contributed by atoms with Crippen molar-refractivity contribution >= 4 is 29.1 Å². The molecule has 0 radical (unpaired) electrons. The largest absolute Gasteiger partial charge is 0.489 e. The van der Waals surface area contributed by atoms with Crippen molar-refractivity contribution in [1.29, 1.82) is 5.26 Å². The van der Waals surface area contributed by atoms with E-state index >= 15 is 0 Å². The van der Waals surface area contributed by atoms with Crippen molar-refractivity contribution in [2.24, 2.45) is 5.92 Å². The zero-order valence-electron chi connectivity index (χ0n) is 30.8. The van der Waals surface area contributed by atoms with E-state index in [9.17, 15) is 4.79 Å². The molecular formula is C46H45Cl2N3O4. The fourth-order valence-electron chi connectivity index (χ4n) is 7.32. The number of benzene rings is 5. The molecule has 2 N–H and O–H groups in total. The number of fused-ring (bicyclic) bond motifs is 1. The molecule has 55 heavy (non-hydrogen) atoms. The molecule has 1 saturated carbocycles. The van der Waals surface area contributed by atoms with Gasteiger partial charge in [0.25, 0.3) is 0 Å². The molecule has 1 unspecified atom stereocenters. The number of hydrogen-bond donors (Lipinski definition) is 2. The van der Waals surface area contributed by atoms with Gasteiger partial charge < -0.3 is 24.8 Å². The molecule has 1 amide bonds. The van der Waals surface area contributed by atoms with E-state index in [2.05, 4.69) is 53.1 Å². The van der Waals surface area contributed by atoms with E-state index in [1.165, 1.54) is 31.2 Å². The molecule has 0 spiro atoms. The first kappa shape index (κ1) is 38.3. The van der Waals surface area contributed by atoms with Gasteiger partial charge in [0.05, 0.1) is 28.2 Å². The van der Waals surface area contributed by atoms with Gasteiger partial charge in [-0.2, -0.15) is 5.26 Å². The van der Waals surface area contributed by atoms with Gasteiger partial charge in [0.1, 0.15) is 19.0 Å². The predicted octanol–water partition coefficient (Wildman–Crippen LogP) is 10.2. The monoisotopic (exact) mass is 773 g/mol. The van der Waals surface area contributed by atoms with Gasteiger partial charge in [0.2, 0.25) is 5.91 Å². The molecule has 1 heterocycles. The summed E-state index contributed by atoms with van der Waals surface area (Å²) in [6.45, 7) is 2.12. The topological polar surface area (TPSA) is 92.6 Å². The summed E-state index contributed by atoms with van der Waals surface area (Å²) >= 11 is 12.2. The van der Waals surface area contributed by atoms with Crippen LogP contribution in [0.2, 0.25) is 10.0 Å². The smallest absolute Gasteiger partial charge is 0.233 e. The standard InChI is InChI=1S/C46H45Cl2N3O4/c47-41-20-10-34(23-42(41)48)29-53-40-18-16-37(17-19-40)45-30-54-43-24-38(15-7-31-3-1-2-4-31)39(25-44(43)55-45)27-50-28-46(52)51-22-21-32-5-11-35(12-6-32)36-13-8-33(26-49)9-14-36/h5-6,8-14,16-20,23-25,31,45,50H,1-4,7,15,21-22,27-30H2,(H,51,52). The maximum absolute atomic E-state index is 12.8. The Morgan fingerprint density at radius 1 is 0.800 bits per heavy atom. The third-order valence-electron chi connectivity index (χ3n) is 10.5. The van der Waals surface area contributed by atoms with Crippen molar-refractivity contribution in [3.05, 3.63) is 147 Å². The predicted molar refractivity (Wildman–Crippen MR) is 218 cm³/mol. The van der Waals surface area contributed by atoms with Gasteiger partial charge in [-0.15, -0.1) is 0 Å². The van der Waals surface area contributed by atoms with Crippen LogP contribution < -0.4 is 24.8 Å². The van der Waals surface area contributed by atoms with Crippen molar-refractivity contribution in [2.45, 2.75) is 64.2 Å². The summed E-state index contributed by atoms with van der Waals surface area (Å²) < 4.78 is 18.8. The van der Waals surface area contributed by atoms with E-state index in [4.69, 9.17) is 42.7 Å². The lowest BCUT2D eigenvalue weighted by molar-refractivity contribution is -0.120. The summed E-state index contributed by atoms with van der Waals surface area (Å²) in [5.74, 6) is 2.96. The van der Waals surface area contributed by atoms with Crippen LogP contribution in [0, 0.1) is 17.2 Å². The molecule has 7 nitrogen and oxygen atoms in total. The summed E-state index contributed by atoms with van der Waals surface area (Å²) in [4.78, 5) is 12.8. The maximum atomic E-state index is 12.8. The molecule has 7 rings (SSSR count). The van der Waals surface area contributed by atoms with E-state index < -0.39 is 0 Å². The fraction of sp³-hybridized carbons (Fsp3) is 0.304. The van der Waals surface area contributed by atoms with Gasteiger partial charge in [0.15, 0.2) is 17.6 Å². The molecule has 5 aromatic rings. The number of halogens is 2. The number of aryl methyl sites for hydroxylation is 1. The fourth-order valence-corrected chi connectivity index (χ4v) is 7.64. The van der Waals surface area contributed by atoms with Crippen molar-refractivity contribution in [1.82, 2.24) is 10.6 Å². The molecule has 9 heteroatoms. The highest BCUT2D eigenvalue weighted by molar-refractivity contribution is 6.42. The zero-order valence-corrected chi connectivity index (χ0v) is 32.3. The molecule has 0 bridgehead atoms. The van der Waals surface area contributed by atoms with Gasteiger partial charge in [-0.1, -0.05) is 103 Å². The molecule has 0 saturated heterocycles. The number of rotatable bonds is 15. The number of nitrogens with zero attached hydrogens (tertiary/aromatic N) is 1. The SMILES string of the molecule is N#Cc1ccc(-c2ccc(CCNC(=O)CNCc3cc4c(cc3CCC3CCCC3)OCC(c3ccc(OCc5ccc(Cl)c(Cl)c5)cc3)O4)cc2)cc1. The highest BCUT2D eigenvalue weighted by Crippen LogP contribution is 2.40. The lowest BCUT2D eigenvalue weighted by Crippen LogP contribution is -2.34. The summed E-state index contributed by atoms with van der Waals surface area (Å²) in [5, 5.41) is 16.5. The van der Waals surface area contributed by atoms with Crippen LogP contribution in [0.1, 0.15) is 71.6 Å². The average Bonchev–Trinajstić information content (AvgIpc) is 3.75. The quantitative estimate of drug-likeness (QED) is 0.110. The van der Waals surface area contributed by atoms with E-state index in [1.54, 1.807) is 6.07 Å². The van der Waals surface area contributed by atoms with Crippen LogP contribution in [0.3, 0.4) is 0 Å². The Kier molecular flexibility index (Phi) is 12.9. The molecule has 1 aliphatic heterocycles. The van der Waals surface area contributed by atoms with Crippen LogP contribution in [0.5, 0.6) is 17.2 Å². The normalized spacial score (nSPS) is 15.0. The molecule has 1 aliphatic carbocycles. The van der Waals surface area contributed by atoms with E-state index in [0.717, 1.165) is 70.1 Å². The third kappa shape index (κ3) is 10.4. The number of ether oxygens (including phenoxy) is 3. The van der Waals surface area contributed by atoms with Crippen molar-refractivity contribution < 1.29 is 19.0 Å². The van der Waals surface area contributed by atoms with Gasteiger partial charge in [-0.3, -0.25) is 4.79 Å². The second kappa shape index (κ2) is 18.6. The molecule has 1 fully saturated rings. The van der Waals surface area contributed by atoms with Crippen molar-refractivity contribution in [3.63, 3.8) is 0 Å². The first-order valence-electron chi connectivity index (χ1n) is 19.1.